The summed E-state index contributed by atoms with van der Waals surface area (Å²) in [6.07, 6.45) is 12.1. The number of benzene rings is 6. The number of hydrogen-bond acceptors (Lipinski definition) is 2. The van der Waals surface area contributed by atoms with Gasteiger partial charge in [-0.2, -0.15) is 0 Å². The van der Waals surface area contributed by atoms with Crippen molar-refractivity contribution in [3.63, 3.8) is 0 Å². The van der Waals surface area contributed by atoms with E-state index in [0.29, 0.717) is 11.8 Å². The molecule has 0 radical (unpaired) electrons. The average molecular weight is 735 g/mol. The molecule has 0 aliphatic heterocycles. The van der Waals surface area contributed by atoms with Crippen molar-refractivity contribution >= 4 is 5.57 Å². The molecule has 0 amide bonds. The Hall–Kier alpha value is -6.12. The Balaban J connectivity index is 1.01. The fourth-order valence-corrected chi connectivity index (χ4v) is 11.0. The van der Waals surface area contributed by atoms with Crippen molar-refractivity contribution < 1.29 is 0 Å². The van der Waals surface area contributed by atoms with Crippen LogP contribution in [0.2, 0.25) is 0 Å². The summed E-state index contributed by atoms with van der Waals surface area (Å²) in [7, 11) is 0. The highest BCUT2D eigenvalue weighted by atomic mass is 14.9. The summed E-state index contributed by atoms with van der Waals surface area (Å²) in [4.78, 5) is 10.9. The molecule has 276 valence electrons. The Morgan fingerprint density at radius 2 is 0.947 bits per heavy atom. The predicted molar refractivity (Wildman–Crippen MR) is 236 cm³/mol. The lowest BCUT2D eigenvalue weighted by Gasteiger charge is -2.41. The molecule has 4 aliphatic rings. The largest absolute Gasteiger partial charge is 0.243 e. The van der Waals surface area contributed by atoms with Crippen LogP contribution in [0.5, 0.6) is 0 Å². The zero-order valence-electron chi connectivity index (χ0n) is 32.8. The molecular formula is C55H46N2. The highest BCUT2D eigenvalue weighted by Crippen LogP contribution is 2.64. The number of hydrogen-bond donors (Lipinski definition) is 0. The quantitative estimate of drug-likeness (QED) is 0.176. The highest BCUT2D eigenvalue weighted by molar-refractivity contribution is 5.93. The second-order valence-electron chi connectivity index (χ2n) is 17.2. The van der Waals surface area contributed by atoms with Crippen molar-refractivity contribution in [3.8, 4) is 56.2 Å². The van der Waals surface area contributed by atoms with Gasteiger partial charge < -0.3 is 0 Å². The molecule has 7 aromatic rings. The van der Waals surface area contributed by atoms with Crippen molar-refractivity contribution in [2.24, 2.45) is 5.92 Å². The molecule has 0 bridgehead atoms. The monoisotopic (exact) mass is 734 g/mol. The van der Waals surface area contributed by atoms with E-state index in [-0.39, 0.29) is 10.8 Å². The normalized spacial score (nSPS) is 19.5. The smallest absolute Gasteiger partial charge is 0.0973 e. The van der Waals surface area contributed by atoms with Gasteiger partial charge in [0.2, 0.25) is 0 Å². The molecule has 1 aromatic heterocycles. The summed E-state index contributed by atoms with van der Waals surface area (Å²) in [6, 6.07) is 57.0. The van der Waals surface area contributed by atoms with Crippen LogP contribution < -0.4 is 0 Å². The lowest BCUT2D eigenvalue weighted by molar-refractivity contribution is 0.233. The zero-order valence-corrected chi connectivity index (χ0v) is 32.8. The summed E-state index contributed by atoms with van der Waals surface area (Å²) >= 11 is 0. The highest BCUT2D eigenvalue weighted by Gasteiger charge is 2.53. The minimum Gasteiger partial charge on any atom is -0.243 e. The van der Waals surface area contributed by atoms with Gasteiger partial charge in [-0.1, -0.05) is 197 Å². The van der Waals surface area contributed by atoms with Gasteiger partial charge >= 0.3 is 0 Å². The lowest BCUT2D eigenvalue weighted by atomic mass is 9.62. The fourth-order valence-electron chi connectivity index (χ4n) is 11.0. The van der Waals surface area contributed by atoms with Gasteiger partial charge in [0.15, 0.2) is 0 Å². The first-order valence-electron chi connectivity index (χ1n) is 20.9. The molecule has 2 heteroatoms. The van der Waals surface area contributed by atoms with Crippen molar-refractivity contribution in [2.45, 2.75) is 62.7 Å². The van der Waals surface area contributed by atoms with Crippen LogP contribution in [0.4, 0.5) is 0 Å². The number of allylic oxidation sites excluding steroid dienone is 4. The summed E-state index contributed by atoms with van der Waals surface area (Å²) in [5, 5.41) is 0. The van der Waals surface area contributed by atoms with Crippen molar-refractivity contribution in [1.82, 2.24) is 9.97 Å². The van der Waals surface area contributed by atoms with Crippen LogP contribution >= 0.6 is 0 Å². The van der Waals surface area contributed by atoms with Crippen molar-refractivity contribution in [3.05, 3.63) is 198 Å². The Bertz CT molecular complexity index is 2710. The molecule has 6 aromatic carbocycles. The minimum absolute atomic E-state index is 0.0410. The van der Waals surface area contributed by atoms with Gasteiger partial charge in [-0.3, -0.25) is 0 Å². The van der Waals surface area contributed by atoms with E-state index in [1.807, 2.05) is 6.07 Å². The maximum atomic E-state index is 5.48. The summed E-state index contributed by atoms with van der Waals surface area (Å²) < 4.78 is 0. The first-order valence-corrected chi connectivity index (χ1v) is 20.9. The van der Waals surface area contributed by atoms with Gasteiger partial charge in [0, 0.05) is 39.0 Å². The van der Waals surface area contributed by atoms with E-state index in [4.69, 9.17) is 9.97 Å². The van der Waals surface area contributed by atoms with E-state index in [2.05, 4.69) is 178 Å². The third-order valence-corrected chi connectivity index (χ3v) is 13.8. The predicted octanol–water partition coefficient (Wildman–Crippen LogP) is 14.0. The molecule has 11 rings (SSSR count). The average Bonchev–Trinajstić information content (AvgIpc) is 3.66. The molecule has 2 nitrogen and oxygen atoms in total. The van der Waals surface area contributed by atoms with E-state index in [1.54, 1.807) is 11.1 Å². The topological polar surface area (TPSA) is 25.8 Å². The maximum Gasteiger partial charge on any atom is 0.0973 e. The Kier molecular flexibility index (Phi) is 7.93. The van der Waals surface area contributed by atoms with Gasteiger partial charge in [0.05, 0.1) is 22.8 Å². The Morgan fingerprint density at radius 1 is 0.456 bits per heavy atom. The van der Waals surface area contributed by atoms with E-state index >= 15 is 0 Å². The zero-order chi connectivity index (χ0) is 38.1. The van der Waals surface area contributed by atoms with Gasteiger partial charge in [0.25, 0.3) is 0 Å². The standard InChI is InChI=1S/C55H46N2/c1-54(2)46-30-29-41(33-43(46)45-35-49-44(34-48(45)54)42-23-13-14-24-47(42)55(49)31-15-6-16-32-55)36-25-27-40(28-26-36)53-52(39-21-11-5-12-22-39)56-50(37-17-7-3-8-18-37)51(57-53)38-19-9-4-10-20-38/h3-5,7-14,17-30,33-35,44,49H,6,15-16,31-32H2,1-2H3. The molecule has 2 unspecified atom stereocenters. The van der Waals surface area contributed by atoms with Crippen LogP contribution in [0.15, 0.2) is 175 Å². The minimum atomic E-state index is -0.0410. The third kappa shape index (κ3) is 5.37. The van der Waals surface area contributed by atoms with Gasteiger partial charge in [-0.15, -0.1) is 0 Å². The molecule has 1 spiro atoms. The molecule has 1 saturated carbocycles. The number of rotatable bonds is 5. The molecule has 0 N–H and O–H groups in total. The molecular weight excluding hydrogens is 689 g/mol. The van der Waals surface area contributed by atoms with Gasteiger partial charge in [-0.25, -0.2) is 9.97 Å². The van der Waals surface area contributed by atoms with Crippen LogP contribution in [0.25, 0.3) is 61.7 Å². The fraction of sp³-hybridized carbons (Fsp3) is 0.200. The summed E-state index contributed by atoms with van der Waals surface area (Å²) in [6.45, 7) is 4.87. The Labute approximate surface area is 336 Å². The van der Waals surface area contributed by atoms with E-state index < -0.39 is 0 Å². The van der Waals surface area contributed by atoms with Crippen LogP contribution in [-0.4, -0.2) is 9.97 Å². The maximum absolute atomic E-state index is 5.48. The van der Waals surface area contributed by atoms with Gasteiger partial charge in [-0.05, 0) is 69.4 Å². The third-order valence-electron chi connectivity index (χ3n) is 13.8. The van der Waals surface area contributed by atoms with Crippen molar-refractivity contribution in [1.29, 1.82) is 0 Å². The van der Waals surface area contributed by atoms with E-state index in [0.717, 1.165) is 45.0 Å². The van der Waals surface area contributed by atoms with E-state index in [1.165, 1.54) is 65.5 Å². The number of fused-ring (bicyclic) bond motifs is 8. The summed E-state index contributed by atoms with van der Waals surface area (Å²) in [5.74, 6) is 0.985. The first kappa shape index (κ1) is 34.2. The van der Waals surface area contributed by atoms with Crippen molar-refractivity contribution in [2.75, 3.05) is 0 Å². The molecule has 57 heavy (non-hydrogen) atoms. The van der Waals surface area contributed by atoms with Crippen LogP contribution in [0.1, 0.15) is 74.1 Å². The number of nitrogens with zero attached hydrogens (tertiary/aromatic N) is 2. The molecule has 1 heterocycles. The molecule has 0 saturated heterocycles. The lowest BCUT2D eigenvalue weighted by Crippen LogP contribution is -2.35. The van der Waals surface area contributed by atoms with Crippen LogP contribution in [0, 0.1) is 5.92 Å². The SMILES string of the molecule is CC1(C)C2=CC3c4ccccc4C4(CCCCC4)C3C=C2c2cc(-c3ccc(-c4nc(-c5ccccc5)c(-c5ccccc5)nc4-c4ccccc4)cc3)ccc21. The molecule has 4 aliphatic carbocycles. The second-order valence-corrected chi connectivity index (χ2v) is 17.2. The van der Waals surface area contributed by atoms with Crippen LogP contribution in [0.3, 0.4) is 0 Å². The first-order chi connectivity index (χ1) is 28.0. The number of aromatic nitrogens is 2. The second kappa shape index (κ2) is 13.2. The van der Waals surface area contributed by atoms with Crippen LogP contribution in [-0.2, 0) is 10.8 Å². The molecule has 1 fully saturated rings. The molecule has 2 atom stereocenters. The summed E-state index contributed by atoms with van der Waals surface area (Å²) in [5.41, 5.74) is 19.5. The van der Waals surface area contributed by atoms with Gasteiger partial charge in [0.1, 0.15) is 0 Å². The van der Waals surface area contributed by atoms with E-state index in [9.17, 15) is 0 Å². The Morgan fingerprint density at radius 3 is 1.53 bits per heavy atom.